The lowest BCUT2D eigenvalue weighted by Crippen LogP contribution is -2.21. The van der Waals surface area contributed by atoms with Crippen LogP contribution in [0.4, 0.5) is 0 Å². The van der Waals surface area contributed by atoms with E-state index in [-0.39, 0.29) is 0 Å². The van der Waals surface area contributed by atoms with E-state index in [1.807, 2.05) is 18.2 Å². The third kappa shape index (κ3) is 3.87. The molecule has 0 aliphatic carbocycles. The van der Waals surface area contributed by atoms with Crippen LogP contribution in [-0.2, 0) is 6.42 Å². The summed E-state index contributed by atoms with van der Waals surface area (Å²) in [5.74, 6) is 0. The molecule has 0 saturated carbocycles. The Morgan fingerprint density at radius 3 is 2.62 bits per heavy atom. The standard InChI is InChI=1S/C11H15NO/c1-2-9-12(13)10-8-11-6-4-3-5-7-11/h2-7,13H,1,8-10H2. The molecule has 0 radical (unpaired) electrons. The number of rotatable bonds is 5. The molecule has 13 heavy (non-hydrogen) atoms. The van der Waals surface area contributed by atoms with Gasteiger partial charge in [0.2, 0.25) is 0 Å². The van der Waals surface area contributed by atoms with Crippen LogP contribution in [0.25, 0.3) is 0 Å². The van der Waals surface area contributed by atoms with Crippen LogP contribution in [0.3, 0.4) is 0 Å². The zero-order valence-corrected chi connectivity index (χ0v) is 7.69. The van der Waals surface area contributed by atoms with Gasteiger partial charge in [-0.1, -0.05) is 36.4 Å². The van der Waals surface area contributed by atoms with Crippen LogP contribution in [0.1, 0.15) is 5.56 Å². The normalized spacial score (nSPS) is 10.3. The van der Waals surface area contributed by atoms with Gasteiger partial charge in [0.05, 0.1) is 0 Å². The highest BCUT2D eigenvalue weighted by Gasteiger charge is 1.97. The van der Waals surface area contributed by atoms with Gasteiger partial charge in [-0.2, -0.15) is 5.06 Å². The summed E-state index contributed by atoms with van der Waals surface area (Å²) in [7, 11) is 0. The Hall–Kier alpha value is -1.12. The topological polar surface area (TPSA) is 23.5 Å². The monoisotopic (exact) mass is 177 g/mol. The third-order valence-corrected chi connectivity index (χ3v) is 1.84. The highest BCUT2D eigenvalue weighted by atomic mass is 16.5. The maximum absolute atomic E-state index is 9.27. The van der Waals surface area contributed by atoms with E-state index in [9.17, 15) is 5.21 Å². The first-order valence-electron chi connectivity index (χ1n) is 4.41. The number of nitrogens with zero attached hydrogens (tertiary/aromatic N) is 1. The fourth-order valence-corrected chi connectivity index (χ4v) is 1.14. The molecule has 2 heteroatoms. The molecule has 0 aliphatic heterocycles. The largest absolute Gasteiger partial charge is 0.314 e. The molecule has 0 heterocycles. The van der Waals surface area contributed by atoms with Crippen LogP contribution in [0.5, 0.6) is 0 Å². The Morgan fingerprint density at radius 1 is 1.31 bits per heavy atom. The van der Waals surface area contributed by atoms with Gasteiger partial charge in [0.25, 0.3) is 0 Å². The molecule has 0 amide bonds. The van der Waals surface area contributed by atoms with Crippen molar-refractivity contribution in [1.82, 2.24) is 5.06 Å². The molecule has 1 N–H and O–H groups in total. The first kappa shape index (κ1) is 9.96. The lowest BCUT2D eigenvalue weighted by molar-refractivity contribution is -0.0789. The summed E-state index contributed by atoms with van der Waals surface area (Å²) >= 11 is 0. The Bertz CT molecular complexity index is 246. The minimum absolute atomic E-state index is 0.521. The number of hydrogen-bond acceptors (Lipinski definition) is 2. The van der Waals surface area contributed by atoms with Crippen molar-refractivity contribution in [3.63, 3.8) is 0 Å². The highest BCUT2D eigenvalue weighted by molar-refractivity contribution is 5.14. The van der Waals surface area contributed by atoms with Crippen LogP contribution in [0.2, 0.25) is 0 Å². The zero-order valence-electron chi connectivity index (χ0n) is 7.69. The lowest BCUT2D eigenvalue weighted by Gasteiger charge is -2.11. The van der Waals surface area contributed by atoms with Gasteiger partial charge in [0.1, 0.15) is 0 Å². The van der Waals surface area contributed by atoms with Crippen LogP contribution in [-0.4, -0.2) is 23.4 Å². The van der Waals surface area contributed by atoms with Gasteiger partial charge >= 0.3 is 0 Å². The van der Waals surface area contributed by atoms with E-state index in [0.717, 1.165) is 6.42 Å². The summed E-state index contributed by atoms with van der Waals surface area (Å²) in [6, 6.07) is 10.1. The molecule has 70 valence electrons. The Balaban J connectivity index is 2.30. The second-order valence-electron chi connectivity index (χ2n) is 2.94. The maximum Gasteiger partial charge on any atom is 0.0416 e. The van der Waals surface area contributed by atoms with E-state index in [1.54, 1.807) is 6.08 Å². The van der Waals surface area contributed by atoms with Gasteiger partial charge in [-0.05, 0) is 12.0 Å². The van der Waals surface area contributed by atoms with Gasteiger partial charge in [-0.25, -0.2) is 0 Å². The van der Waals surface area contributed by atoms with Gasteiger partial charge < -0.3 is 5.21 Å². The van der Waals surface area contributed by atoms with E-state index in [1.165, 1.54) is 10.6 Å². The molecule has 1 aromatic rings. The third-order valence-electron chi connectivity index (χ3n) is 1.84. The second-order valence-corrected chi connectivity index (χ2v) is 2.94. The van der Waals surface area contributed by atoms with E-state index >= 15 is 0 Å². The van der Waals surface area contributed by atoms with E-state index in [0.29, 0.717) is 13.1 Å². The summed E-state index contributed by atoms with van der Waals surface area (Å²) in [5.41, 5.74) is 1.24. The number of hydroxylamine groups is 2. The average molecular weight is 177 g/mol. The van der Waals surface area contributed by atoms with Gasteiger partial charge in [-0.3, -0.25) is 0 Å². The molecular weight excluding hydrogens is 162 g/mol. The van der Waals surface area contributed by atoms with Crippen LogP contribution < -0.4 is 0 Å². The molecular formula is C11H15NO. The molecule has 0 saturated heterocycles. The minimum Gasteiger partial charge on any atom is -0.314 e. The molecule has 0 aromatic heterocycles. The fourth-order valence-electron chi connectivity index (χ4n) is 1.14. The predicted octanol–water partition coefficient (Wildman–Crippen LogP) is 2.11. The Labute approximate surface area is 79.1 Å². The van der Waals surface area contributed by atoms with Crippen molar-refractivity contribution in [2.24, 2.45) is 0 Å². The summed E-state index contributed by atoms with van der Waals surface area (Å²) < 4.78 is 0. The minimum atomic E-state index is 0.521. The number of benzene rings is 1. The van der Waals surface area contributed by atoms with Crippen molar-refractivity contribution in [1.29, 1.82) is 0 Å². The van der Waals surface area contributed by atoms with Crippen LogP contribution in [0.15, 0.2) is 43.0 Å². The van der Waals surface area contributed by atoms with E-state index < -0.39 is 0 Å². The van der Waals surface area contributed by atoms with Crippen molar-refractivity contribution in [2.45, 2.75) is 6.42 Å². The van der Waals surface area contributed by atoms with Crippen molar-refractivity contribution < 1.29 is 5.21 Å². The van der Waals surface area contributed by atoms with Crippen LogP contribution in [0, 0.1) is 0 Å². The van der Waals surface area contributed by atoms with Gasteiger partial charge in [0.15, 0.2) is 0 Å². The first-order valence-corrected chi connectivity index (χ1v) is 4.41. The van der Waals surface area contributed by atoms with Crippen molar-refractivity contribution in [3.05, 3.63) is 48.6 Å². The van der Waals surface area contributed by atoms with Gasteiger partial charge in [-0.15, -0.1) is 6.58 Å². The van der Waals surface area contributed by atoms with E-state index in [2.05, 4.69) is 18.7 Å². The highest BCUT2D eigenvalue weighted by Crippen LogP contribution is 2.00. The summed E-state index contributed by atoms with van der Waals surface area (Å²) in [5, 5.41) is 10.5. The van der Waals surface area contributed by atoms with E-state index in [4.69, 9.17) is 0 Å². The van der Waals surface area contributed by atoms with Crippen molar-refractivity contribution in [2.75, 3.05) is 13.1 Å². The summed E-state index contributed by atoms with van der Waals surface area (Å²) in [6.45, 7) is 4.72. The molecule has 0 fully saturated rings. The maximum atomic E-state index is 9.27. The average Bonchev–Trinajstić information content (AvgIpc) is 2.17. The second kappa shape index (κ2) is 5.51. The van der Waals surface area contributed by atoms with Crippen LogP contribution >= 0.6 is 0 Å². The molecule has 0 unspecified atom stereocenters. The number of hydrogen-bond donors (Lipinski definition) is 1. The predicted molar refractivity (Wildman–Crippen MR) is 53.7 cm³/mol. The zero-order chi connectivity index (χ0) is 9.52. The summed E-state index contributed by atoms with van der Waals surface area (Å²) in [4.78, 5) is 0. The fraction of sp³-hybridized carbons (Fsp3) is 0.273. The van der Waals surface area contributed by atoms with Crippen molar-refractivity contribution in [3.8, 4) is 0 Å². The molecule has 2 nitrogen and oxygen atoms in total. The molecule has 0 aliphatic rings. The smallest absolute Gasteiger partial charge is 0.0416 e. The molecule has 0 spiro atoms. The Kier molecular flexibility index (Phi) is 4.23. The molecule has 1 aromatic carbocycles. The Morgan fingerprint density at radius 2 is 2.00 bits per heavy atom. The van der Waals surface area contributed by atoms with Gasteiger partial charge in [0, 0.05) is 13.1 Å². The molecule has 0 bridgehead atoms. The van der Waals surface area contributed by atoms with Crippen molar-refractivity contribution >= 4 is 0 Å². The quantitative estimate of drug-likeness (QED) is 0.550. The molecule has 0 atom stereocenters. The summed E-state index contributed by atoms with van der Waals surface area (Å²) in [6.07, 6.45) is 2.55. The SMILES string of the molecule is C=CCN(O)CCc1ccccc1. The lowest BCUT2D eigenvalue weighted by atomic mass is 10.1. The molecule has 1 rings (SSSR count). The first-order chi connectivity index (χ1) is 6.33.